The molecule has 1 aromatic carbocycles. The molecule has 0 saturated heterocycles. The lowest BCUT2D eigenvalue weighted by molar-refractivity contribution is -0.129. The number of carbonyl (C=O) groups excluding carboxylic acids is 1. The molecule has 20 heavy (non-hydrogen) atoms. The summed E-state index contributed by atoms with van der Waals surface area (Å²) in [5.41, 5.74) is 4.04. The number of rotatable bonds is 5. The standard InChI is InChI=1S/C16H14ClNO2/c17-13-5-3-12(4-6-13)16-15(11-1-2-11)8-7-14(18-16)9-20-10-19/h3-8,10-11H,1-2,9H2. The summed E-state index contributed by atoms with van der Waals surface area (Å²) < 4.78 is 4.78. The molecule has 1 heterocycles. The van der Waals surface area contributed by atoms with Crippen molar-refractivity contribution in [3.63, 3.8) is 0 Å². The molecule has 1 aliphatic rings. The van der Waals surface area contributed by atoms with E-state index >= 15 is 0 Å². The molecule has 3 rings (SSSR count). The molecule has 1 fully saturated rings. The Bertz CT molecular complexity index is 621. The predicted molar refractivity (Wildman–Crippen MR) is 77.5 cm³/mol. The number of hydrogen-bond donors (Lipinski definition) is 0. The van der Waals surface area contributed by atoms with Crippen molar-refractivity contribution in [3.8, 4) is 11.3 Å². The van der Waals surface area contributed by atoms with Gasteiger partial charge in [0.15, 0.2) is 0 Å². The molecule has 0 aliphatic heterocycles. The zero-order valence-electron chi connectivity index (χ0n) is 10.9. The van der Waals surface area contributed by atoms with E-state index < -0.39 is 0 Å². The Balaban J connectivity index is 2.00. The minimum absolute atomic E-state index is 0.203. The predicted octanol–water partition coefficient (Wildman–Crippen LogP) is 3.95. The van der Waals surface area contributed by atoms with E-state index in [0.717, 1.165) is 17.0 Å². The summed E-state index contributed by atoms with van der Waals surface area (Å²) in [4.78, 5) is 14.9. The van der Waals surface area contributed by atoms with Crippen LogP contribution in [0.5, 0.6) is 0 Å². The van der Waals surface area contributed by atoms with Gasteiger partial charge in [0.2, 0.25) is 0 Å². The second kappa shape index (κ2) is 5.63. The Morgan fingerprint density at radius 1 is 1.20 bits per heavy atom. The van der Waals surface area contributed by atoms with Crippen LogP contribution in [0, 0.1) is 0 Å². The van der Waals surface area contributed by atoms with Crippen LogP contribution in [0.25, 0.3) is 11.3 Å². The molecule has 0 N–H and O–H groups in total. The summed E-state index contributed by atoms with van der Waals surface area (Å²) in [5, 5.41) is 0.710. The first-order chi connectivity index (χ1) is 9.78. The zero-order valence-corrected chi connectivity index (χ0v) is 11.6. The van der Waals surface area contributed by atoms with Crippen LogP contribution in [0.2, 0.25) is 5.02 Å². The number of ether oxygens (including phenoxy) is 1. The van der Waals surface area contributed by atoms with E-state index in [0.29, 0.717) is 17.4 Å². The second-order valence-corrected chi connectivity index (χ2v) is 5.37. The minimum Gasteiger partial charge on any atom is -0.461 e. The molecule has 4 heteroatoms. The highest BCUT2D eigenvalue weighted by Gasteiger charge is 2.27. The Morgan fingerprint density at radius 2 is 1.95 bits per heavy atom. The van der Waals surface area contributed by atoms with Crippen LogP contribution in [-0.2, 0) is 16.1 Å². The minimum atomic E-state index is 0.203. The fourth-order valence-electron chi connectivity index (χ4n) is 2.27. The van der Waals surface area contributed by atoms with Crippen molar-refractivity contribution in [1.29, 1.82) is 0 Å². The summed E-state index contributed by atoms with van der Waals surface area (Å²) in [6, 6.07) is 11.7. The average Bonchev–Trinajstić information content (AvgIpc) is 3.30. The van der Waals surface area contributed by atoms with Gasteiger partial charge in [-0.1, -0.05) is 29.8 Å². The van der Waals surface area contributed by atoms with Crippen LogP contribution < -0.4 is 0 Å². The molecule has 2 aromatic rings. The van der Waals surface area contributed by atoms with E-state index in [1.807, 2.05) is 30.3 Å². The molecule has 3 nitrogen and oxygen atoms in total. The number of carbonyl (C=O) groups is 1. The van der Waals surface area contributed by atoms with Gasteiger partial charge in [-0.2, -0.15) is 0 Å². The monoisotopic (exact) mass is 287 g/mol. The number of aromatic nitrogens is 1. The summed E-state index contributed by atoms with van der Waals surface area (Å²) in [5.74, 6) is 0.606. The van der Waals surface area contributed by atoms with Crippen molar-refractivity contribution in [1.82, 2.24) is 4.98 Å². The molecule has 102 valence electrons. The fraction of sp³-hybridized carbons (Fsp3) is 0.250. The Morgan fingerprint density at radius 3 is 2.60 bits per heavy atom. The van der Waals surface area contributed by atoms with Crippen LogP contribution in [-0.4, -0.2) is 11.5 Å². The highest BCUT2D eigenvalue weighted by Crippen LogP contribution is 2.43. The molecule has 1 saturated carbocycles. The number of benzene rings is 1. The molecule has 0 bridgehead atoms. The molecule has 0 radical (unpaired) electrons. The van der Waals surface area contributed by atoms with E-state index in [1.54, 1.807) is 0 Å². The Hall–Kier alpha value is -1.87. The smallest absolute Gasteiger partial charge is 0.293 e. The van der Waals surface area contributed by atoms with Gasteiger partial charge in [0.1, 0.15) is 6.61 Å². The third kappa shape index (κ3) is 2.83. The fourth-order valence-corrected chi connectivity index (χ4v) is 2.40. The Labute approximate surface area is 122 Å². The van der Waals surface area contributed by atoms with Crippen LogP contribution in [0.1, 0.15) is 30.0 Å². The first-order valence-corrected chi connectivity index (χ1v) is 6.97. The third-order valence-electron chi connectivity index (χ3n) is 3.42. The van der Waals surface area contributed by atoms with Crippen molar-refractivity contribution in [2.75, 3.05) is 0 Å². The number of hydrogen-bond acceptors (Lipinski definition) is 3. The van der Waals surface area contributed by atoms with Crippen molar-refractivity contribution in [2.24, 2.45) is 0 Å². The molecule has 1 aromatic heterocycles. The van der Waals surface area contributed by atoms with Crippen LogP contribution in [0.3, 0.4) is 0 Å². The molecule has 1 aliphatic carbocycles. The van der Waals surface area contributed by atoms with Crippen LogP contribution >= 0.6 is 11.6 Å². The van der Waals surface area contributed by atoms with Crippen LogP contribution in [0.15, 0.2) is 36.4 Å². The largest absolute Gasteiger partial charge is 0.461 e. The van der Waals surface area contributed by atoms with Gasteiger partial charge in [0.25, 0.3) is 6.47 Å². The first-order valence-electron chi connectivity index (χ1n) is 6.59. The molecule has 0 unspecified atom stereocenters. The molecular weight excluding hydrogens is 274 g/mol. The van der Waals surface area contributed by atoms with Crippen LogP contribution in [0.4, 0.5) is 0 Å². The first kappa shape index (κ1) is 13.1. The van der Waals surface area contributed by atoms with Gasteiger partial charge in [-0.15, -0.1) is 0 Å². The normalized spacial score (nSPS) is 14.1. The zero-order chi connectivity index (χ0) is 13.9. The summed E-state index contributed by atoms with van der Waals surface area (Å²) >= 11 is 5.93. The van der Waals surface area contributed by atoms with E-state index in [4.69, 9.17) is 16.3 Å². The van der Waals surface area contributed by atoms with Gasteiger partial charge < -0.3 is 4.74 Å². The summed E-state index contributed by atoms with van der Waals surface area (Å²) in [6.45, 7) is 0.646. The molecule has 0 spiro atoms. The van der Waals surface area contributed by atoms with E-state index in [-0.39, 0.29) is 6.61 Å². The molecule has 0 amide bonds. The van der Waals surface area contributed by atoms with Crippen molar-refractivity contribution in [2.45, 2.75) is 25.4 Å². The topological polar surface area (TPSA) is 39.2 Å². The maximum Gasteiger partial charge on any atom is 0.293 e. The van der Waals surface area contributed by atoms with Crippen molar-refractivity contribution in [3.05, 3.63) is 52.7 Å². The van der Waals surface area contributed by atoms with E-state index in [1.165, 1.54) is 18.4 Å². The quantitative estimate of drug-likeness (QED) is 0.782. The van der Waals surface area contributed by atoms with Crippen molar-refractivity contribution >= 4 is 18.1 Å². The number of pyridine rings is 1. The maximum atomic E-state index is 10.3. The highest BCUT2D eigenvalue weighted by atomic mass is 35.5. The van der Waals surface area contributed by atoms with Gasteiger partial charge in [-0.25, -0.2) is 4.98 Å². The third-order valence-corrected chi connectivity index (χ3v) is 3.67. The second-order valence-electron chi connectivity index (χ2n) is 4.93. The molecular formula is C16H14ClNO2. The lowest BCUT2D eigenvalue weighted by Crippen LogP contribution is -1.99. The summed E-state index contributed by atoms with van der Waals surface area (Å²) in [6.07, 6.45) is 2.43. The van der Waals surface area contributed by atoms with E-state index in [9.17, 15) is 4.79 Å². The van der Waals surface area contributed by atoms with Gasteiger partial charge in [-0.3, -0.25) is 4.79 Å². The van der Waals surface area contributed by atoms with E-state index in [2.05, 4.69) is 11.1 Å². The average molecular weight is 288 g/mol. The highest BCUT2D eigenvalue weighted by molar-refractivity contribution is 6.30. The summed E-state index contributed by atoms with van der Waals surface area (Å²) in [7, 11) is 0. The van der Waals surface area contributed by atoms with Gasteiger partial charge in [-0.05, 0) is 42.5 Å². The van der Waals surface area contributed by atoms with Gasteiger partial charge >= 0.3 is 0 Å². The van der Waals surface area contributed by atoms with Gasteiger partial charge in [0.05, 0.1) is 11.4 Å². The van der Waals surface area contributed by atoms with Gasteiger partial charge in [0, 0.05) is 10.6 Å². The molecule has 0 atom stereocenters. The number of halogens is 1. The number of nitrogens with zero attached hydrogens (tertiary/aromatic N) is 1. The lowest BCUT2D eigenvalue weighted by Gasteiger charge is -2.10. The van der Waals surface area contributed by atoms with Crippen molar-refractivity contribution < 1.29 is 9.53 Å². The Kier molecular flexibility index (Phi) is 3.70. The lowest BCUT2D eigenvalue weighted by atomic mass is 10.0. The SMILES string of the molecule is O=COCc1ccc(C2CC2)c(-c2ccc(Cl)cc2)n1. The maximum absolute atomic E-state index is 10.3.